The van der Waals surface area contributed by atoms with Gasteiger partial charge in [0.25, 0.3) is 0 Å². The number of rotatable bonds is 3. The molecule has 0 atom stereocenters. The van der Waals surface area contributed by atoms with Crippen molar-refractivity contribution in [2.24, 2.45) is 0 Å². The Kier molecular flexibility index (Phi) is 4.46. The fourth-order valence-electron chi connectivity index (χ4n) is 2.45. The van der Waals surface area contributed by atoms with Crippen LogP contribution in [0.15, 0.2) is 36.7 Å². The molecule has 0 radical (unpaired) electrons. The number of alkyl halides is 1. The van der Waals surface area contributed by atoms with E-state index in [2.05, 4.69) is 25.8 Å². The molecule has 0 aliphatic carbocycles. The van der Waals surface area contributed by atoms with Crippen LogP contribution in [0, 0.1) is 0 Å². The third-order valence-electron chi connectivity index (χ3n) is 3.61. The first-order valence-electron chi connectivity index (χ1n) is 6.88. The molecule has 2 aromatic rings. The Bertz CT molecular complexity index is 595. The van der Waals surface area contributed by atoms with Crippen LogP contribution < -0.4 is 9.80 Å². The predicted octanol–water partition coefficient (Wildman–Crippen LogP) is 3.20. The fourth-order valence-corrected chi connectivity index (χ4v) is 2.77. The highest BCUT2D eigenvalue weighted by Gasteiger charge is 2.18. The molecular weight excluding hydrogens is 307 g/mol. The molecule has 0 spiro atoms. The highest BCUT2D eigenvalue weighted by molar-refractivity contribution is 6.30. The summed E-state index contributed by atoms with van der Waals surface area (Å²) in [5.41, 5.74) is 1.98. The van der Waals surface area contributed by atoms with E-state index in [0.717, 1.165) is 42.7 Å². The van der Waals surface area contributed by atoms with Crippen molar-refractivity contribution in [3.63, 3.8) is 0 Å². The smallest absolute Gasteiger partial charge is 0.147 e. The molecule has 1 fully saturated rings. The minimum atomic E-state index is 0.399. The van der Waals surface area contributed by atoms with Gasteiger partial charge in [0.1, 0.15) is 5.82 Å². The lowest BCUT2D eigenvalue weighted by Crippen LogP contribution is -2.46. The molecule has 4 nitrogen and oxygen atoms in total. The monoisotopic (exact) mass is 322 g/mol. The zero-order valence-corrected chi connectivity index (χ0v) is 13.1. The van der Waals surface area contributed by atoms with Gasteiger partial charge >= 0.3 is 0 Å². The van der Waals surface area contributed by atoms with Crippen LogP contribution in [0.1, 0.15) is 5.69 Å². The second-order valence-electron chi connectivity index (χ2n) is 4.95. The molecule has 21 heavy (non-hydrogen) atoms. The van der Waals surface area contributed by atoms with Crippen LogP contribution >= 0.6 is 23.2 Å². The molecule has 1 aromatic carbocycles. The van der Waals surface area contributed by atoms with Crippen LogP contribution in [-0.4, -0.2) is 36.1 Å². The molecule has 0 bridgehead atoms. The summed E-state index contributed by atoms with van der Waals surface area (Å²) >= 11 is 11.8. The Hall–Kier alpha value is -1.52. The van der Waals surface area contributed by atoms with Crippen molar-refractivity contribution in [1.29, 1.82) is 0 Å². The molecule has 1 aromatic heterocycles. The van der Waals surface area contributed by atoms with E-state index in [1.54, 1.807) is 12.4 Å². The Morgan fingerprint density at radius 1 is 1.00 bits per heavy atom. The highest BCUT2D eigenvalue weighted by Crippen LogP contribution is 2.22. The standard InChI is InChI=1S/C15H16Cl2N4/c16-9-13-10-19-15(11-18-13)21-6-4-20(5-7-21)14-3-1-2-12(17)8-14/h1-3,8,10-11H,4-7,9H2. The van der Waals surface area contributed by atoms with E-state index >= 15 is 0 Å². The van der Waals surface area contributed by atoms with Crippen molar-refractivity contribution >= 4 is 34.7 Å². The average Bonchev–Trinajstić information content (AvgIpc) is 2.55. The molecule has 0 saturated carbocycles. The molecule has 6 heteroatoms. The van der Waals surface area contributed by atoms with Gasteiger partial charge < -0.3 is 9.80 Å². The number of piperazine rings is 1. The minimum absolute atomic E-state index is 0.399. The maximum atomic E-state index is 6.05. The van der Waals surface area contributed by atoms with Crippen LogP contribution in [0.25, 0.3) is 0 Å². The summed E-state index contributed by atoms with van der Waals surface area (Å²) < 4.78 is 0. The topological polar surface area (TPSA) is 32.3 Å². The number of hydrogen-bond donors (Lipinski definition) is 0. The second kappa shape index (κ2) is 6.50. The maximum Gasteiger partial charge on any atom is 0.147 e. The Balaban J connectivity index is 1.64. The van der Waals surface area contributed by atoms with Crippen molar-refractivity contribution in [2.45, 2.75) is 5.88 Å². The van der Waals surface area contributed by atoms with Gasteiger partial charge in [0.15, 0.2) is 0 Å². The van der Waals surface area contributed by atoms with Crippen LogP contribution in [0.5, 0.6) is 0 Å². The van der Waals surface area contributed by atoms with Crippen molar-refractivity contribution in [3.8, 4) is 0 Å². The zero-order valence-electron chi connectivity index (χ0n) is 11.5. The molecule has 1 aliphatic heterocycles. The van der Waals surface area contributed by atoms with Crippen LogP contribution in [0.2, 0.25) is 5.02 Å². The quantitative estimate of drug-likeness (QED) is 0.812. The van der Waals surface area contributed by atoms with E-state index in [4.69, 9.17) is 23.2 Å². The summed E-state index contributed by atoms with van der Waals surface area (Å²) in [6.45, 7) is 3.72. The summed E-state index contributed by atoms with van der Waals surface area (Å²) in [7, 11) is 0. The van der Waals surface area contributed by atoms with E-state index in [1.165, 1.54) is 5.69 Å². The third-order valence-corrected chi connectivity index (χ3v) is 4.11. The van der Waals surface area contributed by atoms with Gasteiger partial charge in [-0.15, -0.1) is 11.6 Å². The van der Waals surface area contributed by atoms with Gasteiger partial charge in [-0.05, 0) is 18.2 Å². The van der Waals surface area contributed by atoms with Crippen LogP contribution in [-0.2, 0) is 5.88 Å². The molecule has 0 unspecified atom stereocenters. The lowest BCUT2D eigenvalue weighted by Gasteiger charge is -2.36. The first kappa shape index (κ1) is 14.4. The summed E-state index contributed by atoms with van der Waals surface area (Å²) in [5.74, 6) is 1.31. The van der Waals surface area contributed by atoms with Crippen molar-refractivity contribution in [3.05, 3.63) is 47.4 Å². The van der Waals surface area contributed by atoms with Crippen LogP contribution in [0.4, 0.5) is 11.5 Å². The number of nitrogens with zero attached hydrogens (tertiary/aromatic N) is 4. The molecule has 2 heterocycles. The number of anilines is 2. The molecule has 1 saturated heterocycles. The Morgan fingerprint density at radius 3 is 2.38 bits per heavy atom. The van der Waals surface area contributed by atoms with E-state index in [-0.39, 0.29) is 0 Å². The minimum Gasteiger partial charge on any atom is -0.368 e. The molecule has 0 N–H and O–H groups in total. The van der Waals surface area contributed by atoms with Gasteiger partial charge in [0, 0.05) is 36.9 Å². The normalized spacial score (nSPS) is 15.3. The van der Waals surface area contributed by atoms with Gasteiger partial charge in [0.05, 0.1) is 24.0 Å². The highest BCUT2D eigenvalue weighted by atomic mass is 35.5. The van der Waals surface area contributed by atoms with E-state index in [0.29, 0.717) is 5.88 Å². The first-order chi connectivity index (χ1) is 10.3. The SMILES string of the molecule is ClCc1cnc(N2CCN(c3cccc(Cl)c3)CC2)cn1. The lowest BCUT2D eigenvalue weighted by atomic mass is 10.2. The molecular formula is C15H16Cl2N4. The molecule has 110 valence electrons. The summed E-state index contributed by atoms with van der Waals surface area (Å²) in [4.78, 5) is 13.3. The fraction of sp³-hybridized carbons (Fsp3) is 0.333. The number of halogens is 2. The van der Waals surface area contributed by atoms with Gasteiger partial charge in [-0.3, -0.25) is 4.98 Å². The van der Waals surface area contributed by atoms with Gasteiger partial charge in [-0.1, -0.05) is 17.7 Å². The first-order valence-corrected chi connectivity index (χ1v) is 7.80. The summed E-state index contributed by atoms with van der Waals surface area (Å²) in [5, 5.41) is 0.775. The zero-order chi connectivity index (χ0) is 14.7. The van der Waals surface area contributed by atoms with E-state index in [1.807, 2.05) is 18.2 Å². The number of aromatic nitrogens is 2. The molecule has 1 aliphatic rings. The van der Waals surface area contributed by atoms with Gasteiger partial charge in [-0.2, -0.15) is 0 Å². The van der Waals surface area contributed by atoms with E-state index in [9.17, 15) is 0 Å². The lowest BCUT2D eigenvalue weighted by molar-refractivity contribution is 0.646. The second-order valence-corrected chi connectivity index (χ2v) is 5.66. The molecule has 3 rings (SSSR count). The molecule has 0 amide bonds. The number of benzene rings is 1. The number of hydrogen-bond acceptors (Lipinski definition) is 4. The van der Waals surface area contributed by atoms with E-state index < -0.39 is 0 Å². The average molecular weight is 323 g/mol. The summed E-state index contributed by atoms with van der Waals surface area (Å²) in [6.07, 6.45) is 3.54. The maximum absolute atomic E-state index is 6.05. The largest absolute Gasteiger partial charge is 0.368 e. The Morgan fingerprint density at radius 2 is 1.76 bits per heavy atom. The Labute approximate surface area is 134 Å². The summed E-state index contributed by atoms with van der Waals surface area (Å²) in [6, 6.07) is 7.98. The van der Waals surface area contributed by atoms with Gasteiger partial charge in [-0.25, -0.2) is 4.98 Å². The third kappa shape index (κ3) is 3.39. The van der Waals surface area contributed by atoms with Gasteiger partial charge in [0.2, 0.25) is 0 Å². The van der Waals surface area contributed by atoms with Crippen LogP contribution in [0.3, 0.4) is 0 Å². The van der Waals surface area contributed by atoms with Crippen molar-refractivity contribution in [2.75, 3.05) is 36.0 Å². The van der Waals surface area contributed by atoms with Crippen molar-refractivity contribution in [1.82, 2.24) is 9.97 Å². The van der Waals surface area contributed by atoms with Crippen molar-refractivity contribution < 1.29 is 0 Å². The predicted molar refractivity (Wildman–Crippen MR) is 87.5 cm³/mol.